The number of morpholine rings is 1. The Balaban J connectivity index is 1.55. The number of ether oxygens (including phenoxy) is 1. The summed E-state index contributed by atoms with van der Waals surface area (Å²) in [4.78, 5) is 6.71. The van der Waals surface area contributed by atoms with Gasteiger partial charge in [-0.3, -0.25) is 10.2 Å². The largest absolute Gasteiger partial charge is 0.378 e. The molecular formula is C15H16N6O. The van der Waals surface area contributed by atoms with E-state index in [-0.39, 0.29) is 0 Å². The van der Waals surface area contributed by atoms with Crippen LogP contribution in [-0.2, 0) is 4.74 Å². The van der Waals surface area contributed by atoms with E-state index in [9.17, 15) is 0 Å². The van der Waals surface area contributed by atoms with Crippen molar-refractivity contribution in [3.05, 3.63) is 36.5 Å². The lowest BCUT2D eigenvalue weighted by atomic mass is 10.1. The second-order valence-electron chi connectivity index (χ2n) is 5.13. The van der Waals surface area contributed by atoms with Crippen LogP contribution in [0.1, 0.15) is 0 Å². The van der Waals surface area contributed by atoms with E-state index in [1.54, 1.807) is 6.20 Å². The maximum atomic E-state index is 5.35. The van der Waals surface area contributed by atoms with Crippen LogP contribution in [0.25, 0.3) is 22.6 Å². The number of nitrogens with one attached hydrogen (secondary N) is 2. The molecule has 7 heteroatoms. The molecule has 3 heterocycles. The predicted octanol–water partition coefficient (Wildman–Crippen LogP) is 1.70. The van der Waals surface area contributed by atoms with Gasteiger partial charge in [-0.1, -0.05) is 24.3 Å². The third kappa shape index (κ3) is 2.46. The van der Waals surface area contributed by atoms with Crippen molar-refractivity contribution in [1.29, 1.82) is 0 Å². The summed E-state index contributed by atoms with van der Waals surface area (Å²) in [5, 5.41) is 14.2. The zero-order valence-corrected chi connectivity index (χ0v) is 12.0. The molecule has 1 aliphatic heterocycles. The van der Waals surface area contributed by atoms with Crippen LogP contribution in [0.3, 0.4) is 0 Å². The lowest BCUT2D eigenvalue weighted by molar-refractivity contribution is 0.122. The highest BCUT2D eigenvalue weighted by atomic mass is 16.5. The molecule has 0 spiro atoms. The third-order valence-corrected chi connectivity index (χ3v) is 3.74. The highest BCUT2D eigenvalue weighted by Gasteiger charge is 2.16. The number of hydrogen-bond acceptors (Lipinski definition) is 5. The zero-order valence-electron chi connectivity index (χ0n) is 12.0. The topological polar surface area (TPSA) is 82.7 Å². The van der Waals surface area contributed by atoms with Gasteiger partial charge in [-0.25, -0.2) is 0 Å². The van der Waals surface area contributed by atoms with E-state index in [1.165, 1.54) is 0 Å². The van der Waals surface area contributed by atoms with Crippen LogP contribution >= 0.6 is 0 Å². The van der Waals surface area contributed by atoms with Crippen LogP contribution in [0.5, 0.6) is 0 Å². The van der Waals surface area contributed by atoms with E-state index in [2.05, 4.69) is 30.3 Å². The fourth-order valence-corrected chi connectivity index (χ4v) is 2.51. The minimum atomic E-state index is 0.725. The molecule has 22 heavy (non-hydrogen) atoms. The number of rotatable bonds is 3. The first-order valence-corrected chi connectivity index (χ1v) is 7.25. The van der Waals surface area contributed by atoms with Gasteiger partial charge in [0.15, 0.2) is 5.82 Å². The zero-order chi connectivity index (χ0) is 14.8. The van der Waals surface area contributed by atoms with Crippen LogP contribution in [0.15, 0.2) is 36.5 Å². The van der Waals surface area contributed by atoms with Crippen molar-refractivity contribution in [1.82, 2.24) is 25.4 Å². The molecule has 112 valence electrons. The monoisotopic (exact) mass is 296 g/mol. The Morgan fingerprint density at radius 3 is 2.45 bits per heavy atom. The number of hydrogen-bond donors (Lipinski definition) is 2. The quantitative estimate of drug-likeness (QED) is 0.768. The van der Waals surface area contributed by atoms with Crippen LogP contribution in [-0.4, -0.2) is 51.7 Å². The summed E-state index contributed by atoms with van der Waals surface area (Å²) in [7, 11) is 0. The maximum absolute atomic E-state index is 5.35. The summed E-state index contributed by atoms with van der Waals surface area (Å²) >= 11 is 0. The second kappa shape index (κ2) is 5.61. The molecule has 3 aromatic rings. The summed E-state index contributed by atoms with van der Waals surface area (Å²) < 4.78 is 5.35. The summed E-state index contributed by atoms with van der Waals surface area (Å²) in [5.41, 5.74) is 3.10. The highest BCUT2D eigenvalue weighted by molar-refractivity contribution is 5.65. The predicted molar refractivity (Wildman–Crippen MR) is 82.4 cm³/mol. The minimum absolute atomic E-state index is 0.725. The Morgan fingerprint density at radius 2 is 1.73 bits per heavy atom. The lowest BCUT2D eigenvalue weighted by Crippen LogP contribution is -2.36. The van der Waals surface area contributed by atoms with Crippen molar-refractivity contribution in [2.75, 3.05) is 31.2 Å². The van der Waals surface area contributed by atoms with E-state index in [4.69, 9.17) is 4.74 Å². The third-order valence-electron chi connectivity index (χ3n) is 3.74. The van der Waals surface area contributed by atoms with Crippen molar-refractivity contribution in [3.8, 4) is 22.6 Å². The number of H-pyrrole nitrogens is 2. The standard InChI is InChI=1S/C15H16N6O/c1-3-12(4-2-11(1)13-5-6-16-18-13)14-17-15(20-19-14)21-7-9-22-10-8-21/h1-6H,7-10H2,(H,16,18)(H,17,19,20). The first-order chi connectivity index (χ1) is 10.9. The Hall–Kier alpha value is -2.67. The summed E-state index contributed by atoms with van der Waals surface area (Å²) in [6.07, 6.45) is 1.74. The number of benzene rings is 1. The van der Waals surface area contributed by atoms with Gasteiger partial charge in [0.25, 0.3) is 0 Å². The molecule has 0 amide bonds. The Morgan fingerprint density at radius 1 is 0.955 bits per heavy atom. The minimum Gasteiger partial charge on any atom is -0.378 e. The molecule has 0 radical (unpaired) electrons. The van der Waals surface area contributed by atoms with Gasteiger partial charge < -0.3 is 9.64 Å². The van der Waals surface area contributed by atoms with Crippen molar-refractivity contribution in [2.24, 2.45) is 0 Å². The van der Waals surface area contributed by atoms with E-state index in [1.807, 2.05) is 30.3 Å². The SMILES string of the molecule is c1cc(-c2ccc(-c3nc(N4CCOCC4)n[nH]3)cc2)[nH]n1. The normalized spacial score (nSPS) is 15.2. The molecule has 4 rings (SSSR count). The fourth-order valence-electron chi connectivity index (χ4n) is 2.51. The maximum Gasteiger partial charge on any atom is 0.245 e. The summed E-state index contributed by atoms with van der Waals surface area (Å²) in [6, 6.07) is 10.1. The Bertz CT molecular complexity index is 728. The molecular weight excluding hydrogens is 280 g/mol. The molecule has 2 N–H and O–H groups in total. The number of nitrogens with zero attached hydrogens (tertiary/aromatic N) is 4. The van der Waals surface area contributed by atoms with Gasteiger partial charge >= 0.3 is 0 Å². The number of anilines is 1. The summed E-state index contributed by atoms with van der Waals surface area (Å²) in [5.74, 6) is 1.51. The van der Waals surface area contributed by atoms with Crippen LogP contribution in [0.2, 0.25) is 0 Å². The molecule has 2 aromatic heterocycles. The number of aromatic nitrogens is 5. The van der Waals surface area contributed by atoms with E-state index in [0.717, 1.165) is 54.9 Å². The van der Waals surface area contributed by atoms with Gasteiger partial charge in [0.2, 0.25) is 5.95 Å². The average Bonchev–Trinajstić information content (AvgIpc) is 3.28. The van der Waals surface area contributed by atoms with Gasteiger partial charge in [0.1, 0.15) is 0 Å². The van der Waals surface area contributed by atoms with Crippen LogP contribution < -0.4 is 4.90 Å². The smallest absolute Gasteiger partial charge is 0.245 e. The molecule has 1 aromatic carbocycles. The van der Waals surface area contributed by atoms with Gasteiger partial charge in [-0.2, -0.15) is 10.1 Å². The first kappa shape index (κ1) is 13.0. The van der Waals surface area contributed by atoms with Gasteiger partial charge in [0.05, 0.1) is 18.9 Å². The molecule has 0 unspecified atom stereocenters. The Kier molecular flexibility index (Phi) is 3.32. The molecule has 7 nitrogen and oxygen atoms in total. The van der Waals surface area contributed by atoms with Crippen molar-refractivity contribution >= 4 is 5.95 Å². The van der Waals surface area contributed by atoms with Crippen LogP contribution in [0.4, 0.5) is 5.95 Å². The average molecular weight is 296 g/mol. The van der Waals surface area contributed by atoms with Gasteiger partial charge in [0, 0.05) is 24.8 Å². The van der Waals surface area contributed by atoms with Gasteiger partial charge in [-0.15, -0.1) is 5.10 Å². The van der Waals surface area contributed by atoms with E-state index in [0.29, 0.717) is 0 Å². The van der Waals surface area contributed by atoms with E-state index >= 15 is 0 Å². The first-order valence-electron chi connectivity index (χ1n) is 7.25. The molecule has 1 aliphatic rings. The molecule has 0 aliphatic carbocycles. The van der Waals surface area contributed by atoms with E-state index < -0.39 is 0 Å². The fraction of sp³-hybridized carbons (Fsp3) is 0.267. The van der Waals surface area contributed by atoms with Crippen LogP contribution in [0, 0.1) is 0 Å². The second-order valence-corrected chi connectivity index (χ2v) is 5.13. The lowest BCUT2D eigenvalue weighted by Gasteiger charge is -2.25. The van der Waals surface area contributed by atoms with Gasteiger partial charge in [-0.05, 0) is 11.6 Å². The molecule has 1 saturated heterocycles. The van der Waals surface area contributed by atoms with Crippen molar-refractivity contribution in [3.63, 3.8) is 0 Å². The number of aromatic amines is 2. The molecule has 0 atom stereocenters. The molecule has 1 fully saturated rings. The summed E-state index contributed by atoms with van der Waals surface area (Å²) in [6.45, 7) is 3.11. The molecule has 0 bridgehead atoms. The molecule has 0 saturated carbocycles. The highest BCUT2D eigenvalue weighted by Crippen LogP contribution is 2.22. The van der Waals surface area contributed by atoms with Crippen molar-refractivity contribution < 1.29 is 4.74 Å². The van der Waals surface area contributed by atoms with Crippen molar-refractivity contribution in [2.45, 2.75) is 0 Å². The Labute approximate surface area is 127 Å².